The molecule has 2 rings (SSSR count). The SMILES string of the molecule is CC(C)C1C(=O)NC(C)(C)C(=O)N1c1ccc(Cl)c(Br)c1. The number of halogens is 2. The van der Waals surface area contributed by atoms with Crippen molar-refractivity contribution >= 4 is 45.0 Å². The summed E-state index contributed by atoms with van der Waals surface area (Å²) in [6, 6.07) is 4.71. The number of rotatable bonds is 2. The number of nitrogens with zero attached hydrogens (tertiary/aromatic N) is 1. The maximum absolute atomic E-state index is 12.8. The average Bonchev–Trinajstić information content (AvgIpc) is 2.36. The lowest BCUT2D eigenvalue weighted by Crippen LogP contribution is -2.69. The third kappa shape index (κ3) is 2.94. The van der Waals surface area contributed by atoms with Crippen LogP contribution in [0.2, 0.25) is 5.02 Å². The van der Waals surface area contributed by atoms with Gasteiger partial charge in [0, 0.05) is 10.2 Å². The molecule has 114 valence electrons. The quantitative estimate of drug-likeness (QED) is 0.864. The van der Waals surface area contributed by atoms with Gasteiger partial charge in [-0.05, 0) is 53.9 Å². The van der Waals surface area contributed by atoms with Crippen molar-refractivity contribution in [2.75, 3.05) is 4.90 Å². The molecule has 1 aromatic rings. The van der Waals surface area contributed by atoms with E-state index in [0.717, 1.165) is 0 Å². The van der Waals surface area contributed by atoms with Crippen molar-refractivity contribution in [3.63, 3.8) is 0 Å². The second kappa shape index (κ2) is 5.61. The molecule has 1 N–H and O–H groups in total. The zero-order valence-electron chi connectivity index (χ0n) is 12.4. The van der Waals surface area contributed by atoms with Crippen LogP contribution in [-0.2, 0) is 9.59 Å². The molecular weight excluding hydrogens is 356 g/mol. The predicted molar refractivity (Wildman–Crippen MR) is 87.5 cm³/mol. The lowest BCUT2D eigenvalue weighted by atomic mass is 9.91. The highest BCUT2D eigenvalue weighted by Gasteiger charge is 2.47. The maximum atomic E-state index is 12.8. The average molecular weight is 374 g/mol. The van der Waals surface area contributed by atoms with Crippen LogP contribution in [0, 0.1) is 5.92 Å². The normalized spacial score (nSPS) is 21.7. The van der Waals surface area contributed by atoms with Gasteiger partial charge in [0.15, 0.2) is 0 Å². The number of carbonyl (C=O) groups excluding carboxylic acids is 2. The van der Waals surface area contributed by atoms with Crippen molar-refractivity contribution < 1.29 is 9.59 Å². The molecular formula is C15H18BrClN2O2. The number of benzene rings is 1. The van der Waals surface area contributed by atoms with E-state index < -0.39 is 11.6 Å². The minimum Gasteiger partial charge on any atom is -0.340 e. The van der Waals surface area contributed by atoms with Crippen LogP contribution >= 0.6 is 27.5 Å². The fraction of sp³-hybridized carbons (Fsp3) is 0.467. The first-order valence-electron chi connectivity index (χ1n) is 6.76. The molecule has 0 spiro atoms. The molecule has 1 aromatic carbocycles. The van der Waals surface area contributed by atoms with Gasteiger partial charge in [-0.3, -0.25) is 14.5 Å². The van der Waals surface area contributed by atoms with E-state index in [4.69, 9.17) is 11.6 Å². The van der Waals surface area contributed by atoms with E-state index >= 15 is 0 Å². The first kappa shape index (κ1) is 16.3. The molecule has 0 bridgehead atoms. The van der Waals surface area contributed by atoms with Gasteiger partial charge in [-0.25, -0.2) is 0 Å². The molecule has 21 heavy (non-hydrogen) atoms. The van der Waals surface area contributed by atoms with Crippen LogP contribution in [0.4, 0.5) is 5.69 Å². The Hall–Kier alpha value is -1.07. The minimum atomic E-state index is -0.922. The van der Waals surface area contributed by atoms with Gasteiger partial charge >= 0.3 is 0 Å². The monoisotopic (exact) mass is 372 g/mol. The van der Waals surface area contributed by atoms with Gasteiger partial charge in [0.2, 0.25) is 5.91 Å². The highest BCUT2D eigenvalue weighted by Crippen LogP contribution is 2.33. The molecule has 1 aliphatic heterocycles. The Balaban J connectivity index is 2.55. The Kier molecular flexibility index (Phi) is 4.36. The molecule has 6 heteroatoms. The highest BCUT2D eigenvalue weighted by molar-refractivity contribution is 9.10. The van der Waals surface area contributed by atoms with Crippen LogP contribution in [0.25, 0.3) is 0 Å². The summed E-state index contributed by atoms with van der Waals surface area (Å²) in [5.41, 5.74) is -0.257. The zero-order valence-corrected chi connectivity index (χ0v) is 14.7. The second-order valence-electron chi connectivity index (χ2n) is 6.08. The molecule has 1 unspecified atom stereocenters. The molecule has 1 saturated heterocycles. The van der Waals surface area contributed by atoms with Gasteiger partial charge in [-0.15, -0.1) is 0 Å². The molecule has 1 heterocycles. The van der Waals surface area contributed by atoms with E-state index in [1.54, 1.807) is 36.9 Å². The number of hydrogen-bond donors (Lipinski definition) is 1. The van der Waals surface area contributed by atoms with Gasteiger partial charge in [-0.2, -0.15) is 0 Å². The molecule has 1 aliphatic rings. The topological polar surface area (TPSA) is 49.4 Å². The van der Waals surface area contributed by atoms with Crippen molar-refractivity contribution in [3.05, 3.63) is 27.7 Å². The summed E-state index contributed by atoms with van der Waals surface area (Å²) in [5.74, 6) is -0.268. The fourth-order valence-corrected chi connectivity index (χ4v) is 2.98. The lowest BCUT2D eigenvalue weighted by molar-refractivity contribution is -0.138. The second-order valence-corrected chi connectivity index (χ2v) is 7.34. The standard InChI is InChI=1S/C15H18BrClN2O2/c1-8(2)12-13(20)18-15(3,4)14(21)19(12)9-5-6-11(17)10(16)7-9/h5-8,12H,1-4H3,(H,18,20). The summed E-state index contributed by atoms with van der Waals surface area (Å²) >= 11 is 9.37. The maximum Gasteiger partial charge on any atom is 0.252 e. The summed E-state index contributed by atoms with van der Waals surface area (Å²) in [6.45, 7) is 7.27. The van der Waals surface area contributed by atoms with Crippen LogP contribution in [-0.4, -0.2) is 23.4 Å². The Morgan fingerprint density at radius 2 is 1.95 bits per heavy atom. The number of carbonyl (C=O) groups is 2. The number of anilines is 1. The molecule has 0 radical (unpaired) electrons. The number of piperazine rings is 1. The Morgan fingerprint density at radius 3 is 2.48 bits per heavy atom. The summed E-state index contributed by atoms with van der Waals surface area (Å²) in [7, 11) is 0. The molecule has 0 aliphatic carbocycles. The lowest BCUT2D eigenvalue weighted by Gasteiger charge is -2.44. The Bertz CT molecular complexity index is 601. The number of hydrogen-bond acceptors (Lipinski definition) is 2. The van der Waals surface area contributed by atoms with Gasteiger partial charge in [0.25, 0.3) is 5.91 Å². The third-order valence-electron chi connectivity index (χ3n) is 3.55. The van der Waals surface area contributed by atoms with E-state index in [-0.39, 0.29) is 17.7 Å². The summed E-state index contributed by atoms with van der Waals surface area (Å²) < 4.78 is 0.695. The third-order valence-corrected chi connectivity index (χ3v) is 4.76. The van der Waals surface area contributed by atoms with Gasteiger partial charge < -0.3 is 5.32 Å². The zero-order chi connectivity index (χ0) is 15.9. The van der Waals surface area contributed by atoms with Crippen LogP contribution in [0.15, 0.2) is 22.7 Å². The van der Waals surface area contributed by atoms with Gasteiger partial charge in [0.1, 0.15) is 11.6 Å². The van der Waals surface area contributed by atoms with E-state index in [1.807, 2.05) is 13.8 Å². The molecule has 0 saturated carbocycles. The number of nitrogens with one attached hydrogen (secondary N) is 1. The molecule has 0 aromatic heterocycles. The van der Waals surface area contributed by atoms with Gasteiger partial charge in [0.05, 0.1) is 5.02 Å². The number of amides is 2. The first-order chi connectivity index (χ1) is 9.65. The largest absolute Gasteiger partial charge is 0.340 e. The van der Waals surface area contributed by atoms with Crippen LogP contribution < -0.4 is 10.2 Å². The molecule has 1 fully saturated rings. The predicted octanol–water partition coefficient (Wildman–Crippen LogP) is 3.37. The van der Waals surface area contributed by atoms with E-state index in [1.165, 1.54) is 0 Å². The summed E-state index contributed by atoms with van der Waals surface area (Å²) in [6.07, 6.45) is 0. The smallest absolute Gasteiger partial charge is 0.252 e. The highest BCUT2D eigenvalue weighted by atomic mass is 79.9. The Morgan fingerprint density at radius 1 is 1.33 bits per heavy atom. The van der Waals surface area contributed by atoms with Crippen molar-refractivity contribution in [1.29, 1.82) is 0 Å². The first-order valence-corrected chi connectivity index (χ1v) is 7.93. The fourth-order valence-electron chi connectivity index (χ4n) is 2.49. The van der Waals surface area contributed by atoms with Gasteiger partial charge in [-0.1, -0.05) is 25.4 Å². The van der Waals surface area contributed by atoms with Crippen LogP contribution in [0.1, 0.15) is 27.7 Å². The minimum absolute atomic E-state index is 0.000460. The van der Waals surface area contributed by atoms with E-state index in [0.29, 0.717) is 15.2 Å². The van der Waals surface area contributed by atoms with Crippen molar-refractivity contribution in [3.8, 4) is 0 Å². The van der Waals surface area contributed by atoms with Crippen molar-refractivity contribution in [2.24, 2.45) is 5.92 Å². The van der Waals surface area contributed by atoms with E-state index in [9.17, 15) is 9.59 Å². The summed E-state index contributed by atoms with van der Waals surface area (Å²) in [4.78, 5) is 26.7. The van der Waals surface area contributed by atoms with Crippen LogP contribution in [0.3, 0.4) is 0 Å². The Labute approximate surface area is 138 Å². The molecule has 2 amide bonds. The molecule has 4 nitrogen and oxygen atoms in total. The van der Waals surface area contributed by atoms with Crippen molar-refractivity contribution in [1.82, 2.24) is 5.32 Å². The molecule has 1 atom stereocenters. The van der Waals surface area contributed by atoms with E-state index in [2.05, 4.69) is 21.2 Å². The summed E-state index contributed by atoms with van der Waals surface area (Å²) in [5, 5.41) is 3.36. The van der Waals surface area contributed by atoms with Crippen molar-refractivity contribution in [2.45, 2.75) is 39.3 Å². The van der Waals surface area contributed by atoms with Crippen LogP contribution in [0.5, 0.6) is 0 Å².